The van der Waals surface area contributed by atoms with Crippen LogP contribution in [-0.2, 0) is 13.1 Å². The summed E-state index contributed by atoms with van der Waals surface area (Å²) in [5, 5.41) is 0.508. The number of hydrazine groups is 1. The van der Waals surface area contributed by atoms with Crippen molar-refractivity contribution in [3.63, 3.8) is 0 Å². The number of nitrogen functional groups attached to an aromatic ring is 1. The minimum absolute atomic E-state index is 0.0640. The third-order valence-corrected chi connectivity index (χ3v) is 3.11. The molecule has 2 rings (SSSR count). The lowest BCUT2D eigenvalue weighted by Crippen LogP contribution is -2.25. The van der Waals surface area contributed by atoms with Crippen LogP contribution in [0.5, 0.6) is 0 Å². The van der Waals surface area contributed by atoms with Crippen LogP contribution in [0.3, 0.4) is 0 Å². The fourth-order valence-electron chi connectivity index (χ4n) is 1.82. The highest BCUT2D eigenvalue weighted by atomic mass is 35.5. The number of nitrogens with one attached hydrogen (secondary N) is 1. The van der Waals surface area contributed by atoms with Gasteiger partial charge in [0.2, 0.25) is 0 Å². The SMILES string of the molecule is CCCn1ccn(Cc2nc(NN)ccc2Cl)c1=O. The lowest BCUT2D eigenvalue weighted by molar-refractivity contribution is 0.621. The van der Waals surface area contributed by atoms with E-state index in [1.807, 2.05) is 6.92 Å². The summed E-state index contributed by atoms with van der Waals surface area (Å²) in [6.45, 7) is 3.06. The van der Waals surface area contributed by atoms with E-state index in [0.717, 1.165) is 6.42 Å². The van der Waals surface area contributed by atoms with Gasteiger partial charge in [0, 0.05) is 18.9 Å². The molecule has 0 radical (unpaired) electrons. The molecule has 102 valence electrons. The summed E-state index contributed by atoms with van der Waals surface area (Å²) < 4.78 is 3.24. The average Bonchev–Trinajstić information content (AvgIpc) is 2.75. The van der Waals surface area contributed by atoms with E-state index in [0.29, 0.717) is 29.6 Å². The van der Waals surface area contributed by atoms with Gasteiger partial charge in [0.15, 0.2) is 0 Å². The molecule has 0 saturated carbocycles. The molecule has 7 heteroatoms. The molecule has 6 nitrogen and oxygen atoms in total. The van der Waals surface area contributed by atoms with Crippen LogP contribution in [0.15, 0.2) is 29.3 Å². The third-order valence-electron chi connectivity index (χ3n) is 2.77. The van der Waals surface area contributed by atoms with Crippen LogP contribution in [0.4, 0.5) is 5.82 Å². The molecule has 0 spiro atoms. The number of halogens is 1. The standard InChI is InChI=1S/C12H16ClN5O/c1-2-5-17-6-7-18(12(17)19)8-10-9(13)3-4-11(15-10)16-14/h3-4,6-7H,2,5,8,14H2,1H3,(H,15,16). The first-order valence-electron chi connectivity index (χ1n) is 6.03. The molecule has 3 N–H and O–H groups in total. The quantitative estimate of drug-likeness (QED) is 0.642. The van der Waals surface area contributed by atoms with Crippen molar-refractivity contribution in [1.29, 1.82) is 0 Å². The molecule has 0 aliphatic rings. The van der Waals surface area contributed by atoms with Crippen molar-refractivity contribution in [2.24, 2.45) is 5.84 Å². The Labute approximate surface area is 115 Å². The predicted octanol–water partition coefficient (Wildman–Crippen LogP) is 1.44. The molecule has 2 aromatic rings. The number of nitrogens with two attached hydrogens (primary N) is 1. The van der Waals surface area contributed by atoms with Crippen LogP contribution < -0.4 is 17.0 Å². The monoisotopic (exact) mass is 281 g/mol. The number of pyridine rings is 1. The number of hydrogen-bond acceptors (Lipinski definition) is 4. The largest absolute Gasteiger partial charge is 0.328 e. The van der Waals surface area contributed by atoms with Gasteiger partial charge in [0.25, 0.3) is 0 Å². The Kier molecular flexibility index (Phi) is 4.24. The third kappa shape index (κ3) is 2.97. The molecule has 2 aromatic heterocycles. The highest BCUT2D eigenvalue weighted by Crippen LogP contribution is 2.16. The minimum Gasteiger partial charge on any atom is -0.308 e. The molecule has 0 aliphatic carbocycles. The van der Waals surface area contributed by atoms with Crippen LogP contribution in [0.25, 0.3) is 0 Å². The van der Waals surface area contributed by atoms with Gasteiger partial charge in [0.05, 0.1) is 17.3 Å². The van der Waals surface area contributed by atoms with E-state index in [1.54, 1.807) is 33.7 Å². The molecule has 2 heterocycles. The summed E-state index contributed by atoms with van der Waals surface area (Å²) in [7, 11) is 0. The summed E-state index contributed by atoms with van der Waals surface area (Å²) in [6, 6.07) is 3.38. The molecule has 0 atom stereocenters. The number of aryl methyl sites for hydroxylation is 1. The topological polar surface area (TPSA) is 77.9 Å². The van der Waals surface area contributed by atoms with Gasteiger partial charge in [-0.25, -0.2) is 15.6 Å². The zero-order chi connectivity index (χ0) is 13.8. The number of hydrogen-bond donors (Lipinski definition) is 2. The van der Waals surface area contributed by atoms with Crippen LogP contribution in [0.2, 0.25) is 5.02 Å². The number of rotatable bonds is 5. The van der Waals surface area contributed by atoms with Crippen LogP contribution in [-0.4, -0.2) is 14.1 Å². The Morgan fingerprint density at radius 3 is 2.79 bits per heavy atom. The highest BCUT2D eigenvalue weighted by Gasteiger charge is 2.08. The maximum Gasteiger partial charge on any atom is 0.328 e. The maximum absolute atomic E-state index is 12.0. The lowest BCUT2D eigenvalue weighted by Gasteiger charge is -2.06. The first-order valence-corrected chi connectivity index (χ1v) is 6.41. The zero-order valence-electron chi connectivity index (χ0n) is 10.6. The number of anilines is 1. The Bertz CT molecular complexity index is 619. The van der Waals surface area contributed by atoms with Crippen molar-refractivity contribution < 1.29 is 0 Å². The molecule has 0 bridgehead atoms. The van der Waals surface area contributed by atoms with Gasteiger partial charge in [-0.2, -0.15) is 0 Å². The van der Waals surface area contributed by atoms with Crippen LogP contribution in [0, 0.1) is 0 Å². The van der Waals surface area contributed by atoms with E-state index in [2.05, 4.69) is 10.4 Å². The Morgan fingerprint density at radius 1 is 1.37 bits per heavy atom. The second kappa shape index (κ2) is 5.90. The maximum atomic E-state index is 12.0. The second-order valence-electron chi connectivity index (χ2n) is 4.17. The molecular formula is C12H16ClN5O. The molecular weight excluding hydrogens is 266 g/mol. The molecule has 0 amide bonds. The van der Waals surface area contributed by atoms with Gasteiger partial charge in [-0.3, -0.25) is 9.13 Å². The van der Waals surface area contributed by atoms with E-state index < -0.39 is 0 Å². The van der Waals surface area contributed by atoms with Gasteiger partial charge >= 0.3 is 5.69 Å². The first kappa shape index (κ1) is 13.6. The predicted molar refractivity (Wildman–Crippen MR) is 75.1 cm³/mol. The van der Waals surface area contributed by atoms with Crippen molar-refractivity contribution in [3.05, 3.63) is 45.7 Å². The van der Waals surface area contributed by atoms with Gasteiger partial charge < -0.3 is 5.43 Å². The molecule has 0 unspecified atom stereocenters. The highest BCUT2D eigenvalue weighted by molar-refractivity contribution is 6.31. The van der Waals surface area contributed by atoms with Crippen molar-refractivity contribution in [3.8, 4) is 0 Å². The first-order chi connectivity index (χ1) is 9.15. The summed E-state index contributed by atoms with van der Waals surface area (Å²) >= 11 is 6.07. The van der Waals surface area contributed by atoms with E-state index >= 15 is 0 Å². The molecule has 19 heavy (non-hydrogen) atoms. The Balaban J connectivity index is 2.28. The fourth-order valence-corrected chi connectivity index (χ4v) is 1.99. The van der Waals surface area contributed by atoms with Crippen molar-refractivity contribution in [1.82, 2.24) is 14.1 Å². The van der Waals surface area contributed by atoms with Crippen molar-refractivity contribution >= 4 is 17.4 Å². The van der Waals surface area contributed by atoms with E-state index in [-0.39, 0.29) is 5.69 Å². The molecule has 0 fully saturated rings. The number of imidazole rings is 1. The average molecular weight is 282 g/mol. The molecule has 0 aromatic carbocycles. The van der Waals surface area contributed by atoms with Gasteiger partial charge in [-0.1, -0.05) is 18.5 Å². The lowest BCUT2D eigenvalue weighted by atomic mass is 10.3. The van der Waals surface area contributed by atoms with Crippen LogP contribution in [0.1, 0.15) is 19.0 Å². The van der Waals surface area contributed by atoms with Gasteiger partial charge in [-0.15, -0.1) is 0 Å². The zero-order valence-corrected chi connectivity index (χ0v) is 11.4. The minimum atomic E-state index is -0.0640. The second-order valence-corrected chi connectivity index (χ2v) is 4.58. The summed E-state index contributed by atoms with van der Waals surface area (Å²) in [5.41, 5.74) is 3.00. The van der Waals surface area contributed by atoms with Gasteiger partial charge in [0.1, 0.15) is 5.82 Å². The Hall–Kier alpha value is -1.79. The van der Waals surface area contributed by atoms with Crippen molar-refractivity contribution in [2.75, 3.05) is 5.43 Å². The summed E-state index contributed by atoms with van der Waals surface area (Å²) in [5.74, 6) is 5.82. The van der Waals surface area contributed by atoms with E-state index in [1.165, 1.54) is 0 Å². The summed E-state index contributed by atoms with van der Waals surface area (Å²) in [6.07, 6.45) is 4.42. The van der Waals surface area contributed by atoms with E-state index in [4.69, 9.17) is 17.4 Å². The normalized spacial score (nSPS) is 10.7. The number of nitrogens with zero attached hydrogens (tertiary/aromatic N) is 3. The molecule has 0 saturated heterocycles. The number of aromatic nitrogens is 3. The van der Waals surface area contributed by atoms with Crippen molar-refractivity contribution in [2.45, 2.75) is 26.4 Å². The van der Waals surface area contributed by atoms with Crippen LogP contribution >= 0.6 is 11.6 Å². The summed E-state index contributed by atoms with van der Waals surface area (Å²) in [4.78, 5) is 16.3. The smallest absolute Gasteiger partial charge is 0.308 e. The van der Waals surface area contributed by atoms with E-state index in [9.17, 15) is 4.79 Å². The van der Waals surface area contributed by atoms with Gasteiger partial charge in [-0.05, 0) is 18.6 Å². The Morgan fingerprint density at radius 2 is 2.11 bits per heavy atom. The fraction of sp³-hybridized carbons (Fsp3) is 0.333. The molecule has 0 aliphatic heterocycles.